The molecule has 0 saturated carbocycles. The maximum Gasteiger partial charge on any atom is 0.251 e. The second-order valence-electron chi connectivity index (χ2n) is 9.00. The van der Waals surface area contributed by atoms with E-state index >= 15 is 0 Å². The van der Waals surface area contributed by atoms with Crippen LogP contribution in [-0.2, 0) is 6.54 Å². The average Bonchev–Trinajstić information content (AvgIpc) is 3.18. The molecule has 3 N–H and O–H groups in total. The number of carbonyl (C=O) groups excluding carboxylic acids is 1. The second kappa shape index (κ2) is 11.6. The van der Waals surface area contributed by atoms with Gasteiger partial charge in [0.05, 0.1) is 5.69 Å². The number of hydrogen-bond donors (Lipinski definition) is 3. The molecule has 0 radical (unpaired) electrons. The van der Waals surface area contributed by atoms with E-state index in [0.717, 1.165) is 18.1 Å². The Bertz CT molecular complexity index is 993. The molecule has 3 rings (SSSR count). The third-order valence-electron chi connectivity index (χ3n) is 5.14. The lowest BCUT2D eigenvalue weighted by molar-refractivity contribution is 0.0919. The number of halogens is 3. The number of carbonyl (C=O) groups is 1. The zero-order chi connectivity index (χ0) is 23.3. The van der Waals surface area contributed by atoms with Crippen molar-refractivity contribution in [1.82, 2.24) is 16.0 Å². The van der Waals surface area contributed by atoms with Crippen molar-refractivity contribution < 1.29 is 13.6 Å². The van der Waals surface area contributed by atoms with Crippen LogP contribution in [0, 0.1) is 11.6 Å². The Morgan fingerprint density at radius 3 is 2.61 bits per heavy atom. The van der Waals surface area contributed by atoms with Crippen LogP contribution >= 0.6 is 24.0 Å². The zero-order valence-electron chi connectivity index (χ0n) is 19.4. The molecule has 1 aliphatic rings. The van der Waals surface area contributed by atoms with Gasteiger partial charge in [0.2, 0.25) is 0 Å². The third kappa shape index (κ3) is 7.83. The van der Waals surface area contributed by atoms with Crippen molar-refractivity contribution in [3.05, 3.63) is 65.2 Å². The summed E-state index contributed by atoms with van der Waals surface area (Å²) in [6, 6.07) is 11.2. The van der Waals surface area contributed by atoms with Gasteiger partial charge >= 0.3 is 0 Å². The molecule has 1 heterocycles. The number of benzene rings is 2. The van der Waals surface area contributed by atoms with E-state index in [0.29, 0.717) is 36.8 Å². The van der Waals surface area contributed by atoms with Gasteiger partial charge in [-0.1, -0.05) is 12.1 Å². The highest BCUT2D eigenvalue weighted by Gasteiger charge is 2.25. The Balaban J connectivity index is 0.00000385. The summed E-state index contributed by atoms with van der Waals surface area (Å²) in [6.45, 7) is 7.59. The number of nitrogens with zero attached hydrogens (tertiary/aromatic N) is 2. The summed E-state index contributed by atoms with van der Waals surface area (Å²) in [7, 11) is 1.69. The number of aliphatic imine (C=N–C) groups is 1. The predicted octanol–water partition coefficient (Wildman–Crippen LogP) is 4.06. The molecule has 1 amide bonds. The van der Waals surface area contributed by atoms with Gasteiger partial charge in [-0.3, -0.25) is 9.79 Å². The number of nitrogens with one attached hydrogen (secondary N) is 3. The Hall–Kier alpha value is -2.43. The third-order valence-corrected chi connectivity index (χ3v) is 5.14. The smallest absolute Gasteiger partial charge is 0.251 e. The number of guanidine groups is 1. The minimum atomic E-state index is -0.579. The van der Waals surface area contributed by atoms with Gasteiger partial charge in [-0.25, -0.2) is 8.78 Å². The van der Waals surface area contributed by atoms with E-state index in [2.05, 4.69) is 20.9 Å². The van der Waals surface area contributed by atoms with E-state index in [-0.39, 0.29) is 41.5 Å². The Labute approximate surface area is 211 Å². The topological polar surface area (TPSA) is 68.8 Å². The molecule has 0 bridgehead atoms. The van der Waals surface area contributed by atoms with Gasteiger partial charge in [-0.05, 0) is 57.0 Å². The Morgan fingerprint density at radius 1 is 1.18 bits per heavy atom. The Kier molecular flexibility index (Phi) is 9.45. The van der Waals surface area contributed by atoms with Gasteiger partial charge in [0.1, 0.15) is 11.6 Å². The first-order chi connectivity index (χ1) is 15.1. The highest BCUT2D eigenvalue weighted by Crippen LogP contribution is 2.24. The second-order valence-corrected chi connectivity index (χ2v) is 9.00. The zero-order valence-corrected chi connectivity index (χ0v) is 21.7. The summed E-state index contributed by atoms with van der Waals surface area (Å²) < 4.78 is 27.3. The molecular weight excluding hydrogens is 539 g/mol. The van der Waals surface area contributed by atoms with Crippen LogP contribution < -0.4 is 20.9 Å². The van der Waals surface area contributed by atoms with E-state index in [9.17, 15) is 13.6 Å². The van der Waals surface area contributed by atoms with E-state index in [1.165, 1.54) is 12.1 Å². The highest BCUT2D eigenvalue weighted by atomic mass is 127. The first kappa shape index (κ1) is 26.8. The molecule has 0 aliphatic carbocycles. The first-order valence-electron chi connectivity index (χ1n) is 10.7. The lowest BCUT2D eigenvalue weighted by Gasteiger charge is -2.21. The first-order valence-corrected chi connectivity index (χ1v) is 10.7. The number of anilines is 1. The van der Waals surface area contributed by atoms with Crippen molar-refractivity contribution in [2.45, 2.75) is 45.3 Å². The molecule has 180 valence electrons. The molecule has 2 aromatic rings. The van der Waals surface area contributed by atoms with Gasteiger partial charge < -0.3 is 20.9 Å². The number of amides is 1. The normalized spacial score (nSPS) is 16.2. The van der Waals surface area contributed by atoms with E-state index in [1.807, 2.05) is 43.9 Å². The molecule has 0 spiro atoms. The fourth-order valence-corrected chi connectivity index (χ4v) is 3.64. The molecule has 6 nitrogen and oxygen atoms in total. The van der Waals surface area contributed by atoms with E-state index in [4.69, 9.17) is 0 Å². The molecule has 1 aliphatic heterocycles. The van der Waals surface area contributed by atoms with Crippen LogP contribution in [0.25, 0.3) is 0 Å². The SMILES string of the molecule is CN=C(NCc1cccc(C(=O)NC(C)(C)C)c1)NC1CCN(c2ccc(F)cc2F)C1.I. The largest absolute Gasteiger partial charge is 0.367 e. The monoisotopic (exact) mass is 571 g/mol. The molecule has 2 aromatic carbocycles. The van der Waals surface area contributed by atoms with Crippen molar-refractivity contribution in [3.63, 3.8) is 0 Å². The van der Waals surface area contributed by atoms with Crippen molar-refractivity contribution in [2.75, 3.05) is 25.0 Å². The predicted molar refractivity (Wildman–Crippen MR) is 139 cm³/mol. The Morgan fingerprint density at radius 2 is 1.94 bits per heavy atom. The van der Waals surface area contributed by atoms with Crippen molar-refractivity contribution in [3.8, 4) is 0 Å². The van der Waals surface area contributed by atoms with Gasteiger partial charge in [0.15, 0.2) is 5.96 Å². The molecule has 1 unspecified atom stereocenters. The standard InChI is InChI=1S/C24H31F2N5O.HI/c1-24(2,3)30-22(32)17-7-5-6-16(12-17)14-28-23(27-4)29-19-10-11-31(15-19)21-9-8-18(25)13-20(21)26;/h5-9,12-13,19H,10-11,14-15H2,1-4H3,(H,30,32)(H2,27,28,29);1H. The van der Waals surface area contributed by atoms with E-state index in [1.54, 1.807) is 13.1 Å². The maximum absolute atomic E-state index is 14.1. The minimum Gasteiger partial charge on any atom is -0.367 e. The molecule has 1 fully saturated rings. The summed E-state index contributed by atoms with van der Waals surface area (Å²) in [5, 5.41) is 9.59. The lowest BCUT2D eigenvalue weighted by atomic mass is 10.1. The highest BCUT2D eigenvalue weighted by molar-refractivity contribution is 14.0. The van der Waals surface area contributed by atoms with Gasteiger partial charge in [-0.15, -0.1) is 24.0 Å². The van der Waals surface area contributed by atoms with Crippen molar-refractivity contribution >= 4 is 41.5 Å². The molecule has 1 saturated heterocycles. The van der Waals surface area contributed by atoms with Crippen LogP contribution in [0.2, 0.25) is 0 Å². The van der Waals surface area contributed by atoms with Crippen LogP contribution in [-0.4, -0.2) is 43.6 Å². The molecule has 1 atom stereocenters. The molecule has 0 aromatic heterocycles. The van der Waals surface area contributed by atoms with Crippen molar-refractivity contribution in [2.24, 2.45) is 4.99 Å². The number of rotatable bonds is 5. The van der Waals surface area contributed by atoms with Crippen LogP contribution in [0.15, 0.2) is 47.5 Å². The quantitative estimate of drug-likeness (QED) is 0.288. The van der Waals surface area contributed by atoms with E-state index < -0.39 is 11.6 Å². The molecule has 9 heteroatoms. The molecular formula is C24H32F2IN5O. The average molecular weight is 571 g/mol. The summed E-state index contributed by atoms with van der Waals surface area (Å²) in [5.74, 6) is -0.616. The maximum atomic E-state index is 14.1. The van der Waals surface area contributed by atoms with Crippen LogP contribution in [0.4, 0.5) is 14.5 Å². The minimum absolute atomic E-state index is 0. The van der Waals surface area contributed by atoms with Crippen LogP contribution in [0.5, 0.6) is 0 Å². The summed E-state index contributed by atoms with van der Waals surface area (Å²) in [4.78, 5) is 18.6. The lowest BCUT2D eigenvalue weighted by Crippen LogP contribution is -2.44. The fourth-order valence-electron chi connectivity index (χ4n) is 3.64. The van der Waals surface area contributed by atoms with Crippen molar-refractivity contribution in [1.29, 1.82) is 0 Å². The number of hydrogen-bond acceptors (Lipinski definition) is 3. The fraction of sp³-hybridized carbons (Fsp3) is 0.417. The van der Waals surface area contributed by atoms with Gasteiger partial charge in [0.25, 0.3) is 5.91 Å². The van der Waals surface area contributed by atoms with Gasteiger partial charge in [0, 0.05) is 49.9 Å². The van der Waals surface area contributed by atoms with Crippen LogP contribution in [0.3, 0.4) is 0 Å². The molecule has 33 heavy (non-hydrogen) atoms. The summed E-state index contributed by atoms with van der Waals surface area (Å²) in [5.41, 5.74) is 1.67. The summed E-state index contributed by atoms with van der Waals surface area (Å²) >= 11 is 0. The van der Waals surface area contributed by atoms with Crippen LogP contribution in [0.1, 0.15) is 43.1 Å². The van der Waals surface area contributed by atoms with Gasteiger partial charge in [-0.2, -0.15) is 0 Å². The summed E-state index contributed by atoms with van der Waals surface area (Å²) in [6.07, 6.45) is 0.806.